The molecule has 0 atom stereocenters. The molecular weight excluding hydrogens is 881 g/mol. The second-order valence-electron chi connectivity index (χ2n) is 19.9. The normalized spacial score (nSPS) is 13.0. The Morgan fingerprint density at radius 2 is 0.808 bits per heavy atom. The Morgan fingerprint density at radius 1 is 0.274 bits per heavy atom. The van der Waals surface area contributed by atoms with E-state index in [2.05, 4.69) is 276 Å². The molecule has 2 aliphatic carbocycles. The highest BCUT2D eigenvalue weighted by atomic mass is 15.1. The van der Waals surface area contributed by atoms with Gasteiger partial charge >= 0.3 is 0 Å². The predicted molar refractivity (Wildman–Crippen MR) is 307 cm³/mol. The van der Waals surface area contributed by atoms with Gasteiger partial charge in [-0.15, -0.1) is 0 Å². The third-order valence-electron chi connectivity index (χ3n) is 16.3. The molecule has 2 heteroatoms. The summed E-state index contributed by atoms with van der Waals surface area (Å²) in [6.45, 7) is 0. The Kier molecular flexibility index (Phi) is 8.41. The Morgan fingerprint density at radius 3 is 1.47 bits per heavy atom. The lowest BCUT2D eigenvalue weighted by Gasteiger charge is -2.33. The smallest absolute Gasteiger partial charge is 0.0726 e. The lowest BCUT2D eigenvalue weighted by atomic mass is 9.70. The van der Waals surface area contributed by atoms with Crippen LogP contribution in [0.15, 0.2) is 267 Å². The molecule has 0 N–H and O–H groups in total. The van der Waals surface area contributed by atoms with Crippen molar-refractivity contribution < 1.29 is 0 Å². The molecule has 0 radical (unpaired) electrons. The summed E-state index contributed by atoms with van der Waals surface area (Å²) in [4.78, 5) is 2.53. The van der Waals surface area contributed by atoms with Crippen LogP contribution in [0.5, 0.6) is 0 Å². The van der Waals surface area contributed by atoms with E-state index in [1.165, 1.54) is 121 Å². The monoisotopic (exact) mass is 924 g/mol. The van der Waals surface area contributed by atoms with Gasteiger partial charge in [0.1, 0.15) is 0 Å². The summed E-state index contributed by atoms with van der Waals surface area (Å²) in [5.74, 6) is 0. The van der Waals surface area contributed by atoms with Gasteiger partial charge in [0.05, 0.1) is 22.1 Å². The van der Waals surface area contributed by atoms with Gasteiger partial charge < -0.3 is 9.47 Å². The van der Waals surface area contributed by atoms with Gasteiger partial charge in [0, 0.05) is 33.4 Å². The lowest BCUT2D eigenvalue weighted by Crippen LogP contribution is -2.26. The molecule has 0 bridgehead atoms. The fourth-order valence-electron chi connectivity index (χ4n) is 13.3. The highest BCUT2D eigenvalue weighted by Crippen LogP contribution is 2.64. The average Bonchev–Trinajstić information content (AvgIpc) is 4.07. The van der Waals surface area contributed by atoms with Crippen LogP contribution in [-0.4, -0.2) is 4.57 Å². The number of hydrogen-bond donors (Lipinski definition) is 0. The number of nitrogens with zero attached hydrogens (tertiary/aromatic N) is 2. The van der Waals surface area contributed by atoms with E-state index >= 15 is 0 Å². The van der Waals surface area contributed by atoms with Gasteiger partial charge in [-0.05, 0) is 166 Å². The third-order valence-corrected chi connectivity index (χ3v) is 16.3. The van der Waals surface area contributed by atoms with Crippen molar-refractivity contribution in [3.63, 3.8) is 0 Å². The highest BCUT2D eigenvalue weighted by Gasteiger charge is 2.52. The molecule has 13 aromatic carbocycles. The first-order valence-electron chi connectivity index (χ1n) is 25.4. The minimum Gasteiger partial charge on any atom is -0.310 e. The summed E-state index contributed by atoms with van der Waals surface area (Å²) in [7, 11) is 0. The molecule has 73 heavy (non-hydrogen) atoms. The van der Waals surface area contributed by atoms with E-state index in [0.29, 0.717) is 0 Å². The average molecular weight is 925 g/mol. The molecule has 2 nitrogen and oxygen atoms in total. The minimum absolute atomic E-state index is 0.519. The molecule has 0 unspecified atom stereocenters. The Hall–Kier alpha value is -9.50. The molecule has 0 fully saturated rings. The molecule has 2 aliphatic rings. The first-order chi connectivity index (χ1) is 36.2. The van der Waals surface area contributed by atoms with E-state index in [1.54, 1.807) is 0 Å². The molecule has 0 saturated heterocycles. The fraction of sp³-hybridized carbons (Fsp3) is 0.0141. The Bertz CT molecular complexity index is 4540. The summed E-state index contributed by atoms with van der Waals surface area (Å²) in [6.07, 6.45) is 0. The first-order valence-corrected chi connectivity index (χ1v) is 25.4. The van der Waals surface area contributed by atoms with Crippen LogP contribution in [0.3, 0.4) is 0 Å². The van der Waals surface area contributed by atoms with Crippen molar-refractivity contribution in [3.05, 3.63) is 289 Å². The summed E-state index contributed by atoms with van der Waals surface area (Å²) in [5.41, 5.74) is 19.2. The van der Waals surface area contributed by atoms with Crippen LogP contribution in [0.1, 0.15) is 22.3 Å². The first kappa shape index (κ1) is 40.3. The van der Waals surface area contributed by atoms with Gasteiger partial charge in [-0.1, -0.05) is 194 Å². The summed E-state index contributed by atoms with van der Waals surface area (Å²) < 4.78 is 2.41. The molecule has 1 aromatic heterocycles. The van der Waals surface area contributed by atoms with Crippen molar-refractivity contribution in [2.75, 3.05) is 4.90 Å². The summed E-state index contributed by atoms with van der Waals surface area (Å²) in [5, 5.41) is 12.5. The number of para-hydroxylation sites is 3. The van der Waals surface area contributed by atoms with Gasteiger partial charge in [-0.25, -0.2) is 0 Å². The van der Waals surface area contributed by atoms with E-state index in [0.717, 1.165) is 22.7 Å². The highest BCUT2D eigenvalue weighted by molar-refractivity contribution is 6.26. The number of rotatable bonds is 5. The number of anilines is 3. The van der Waals surface area contributed by atoms with Gasteiger partial charge in [-0.3, -0.25) is 0 Å². The van der Waals surface area contributed by atoms with Crippen molar-refractivity contribution in [3.8, 4) is 39.1 Å². The fourth-order valence-corrected chi connectivity index (χ4v) is 13.3. The van der Waals surface area contributed by atoms with Crippen molar-refractivity contribution in [1.82, 2.24) is 4.57 Å². The minimum atomic E-state index is -0.519. The topological polar surface area (TPSA) is 8.17 Å². The maximum absolute atomic E-state index is 2.57. The zero-order valence-corrected chi connectivity index (χ0v) is 39.8. The quantitative estimate of drug-likeness (QED) is 0.156. The second kappa shape index (κ2) is 15.3. The number of benzene rings is 13. The van der Waals surface area contributed by atoms with Crippen molar-refractivity contribution in [1.29, 1.82) is 0 Å². The van der Waals surface area contributed by atoms with Gasteiger partial charge in [-0.2, -0.15) is 0 Å². The number of hydrogen-bond acceptors (Lipinski definition) is 1. The van der Waals surface area contributed by atoms with Gasteiger partial charge in [0.25, 0.3) is 0 Å². The second-order valence-corrected chi connectivity index (χ2v) is 19.9. The van der Waals surface area contributed by atoms with Crippen LogP contribution in [0.2, 0.25) is 0 Å². The molecule has 14 aromatic rings. The molecule has 338 valence electrons. The summed E-state index contributed by atoms with van der Waals surface area (Å²) in [6, 6.07) is 100. The molecule has 1 spiro atoms. The molecule has 0 saturated carbocycles. The molecule has 0 amide bonds. The van der Waals surface area contributed by atoms with Crippen LogP contribution >= 0.6 is 0 Å². The molecule has 16 rings (SSSR count). The molecular formula is C71H44N2. The van der Waals surface area contributed by atoms with E-state index in [-0.39, 0.29) is 0 Å². The van der Waals surface area contributed by atoms with Crippen LogP contribution in [0, 0.1) is 0 Å². The van der Waals surface area contributed by atoms with E-state index in [1.807, 2.05) is 0 Å². The molecule has 0 aliphatic heterocycles. The van der Waals surface area contributed by atoms with E-state index in [4.69, 9.17) is 0 Å². The van der Waals surface area contributed by atoms with E-state index in [9.17, 15) is 0 Å². The lowest BCUT2D eigenvalue weighted by molar-refractivity contribution is 0.794. The summed E-state index contributed by atoms with van der Waals surface area (Å²) >= 11 is 0. The maximum Gasteiger partial charge on any atom is 0.0726 e. The van der Waals surface area contributed by atoms with Crippen LogP contribution in [0.4, 0.5) is 17.1 Å². The van der Waals surface area contributed by atoms with Gasteiger partial charge in [0.2, 0.25) is 0 Å². The van der Waals surface area contributed by atoms with Crippen molar-refractivity contribution >= 4 is 82.0 Å². The van der Waals surface area contributed by atoms with Crippen molar-refractivity contribution in [2.45, 2.75) is 5.41 Å². The Balaban J connectivity index is 1.01. The zero-order chi connectivity index (χ0) is 47.8. The standard InChI is InChI=1S/C71H44N2/c1-3-19-48(20-4-1)72(50-37-38-55-53-25-8-7-23-51(53)52-24-9-10-26-54(52)61(55)42-50)70-44-67-62(58-29-13-17-33-66(58)71(67)64-31-15-11-27-56(64)57-28-12-16-32-65(57)71)43-60(70)46-36-35-45-41-69-63(40-47(45)39-46)59-30-14-18-34-68(59)73(69)49-21-5-2-6-22-49/h1-44H. The maximum atomic E-state index is 2.57. The number of fused-ring (bicyclic) bond motifs is 20. The van der Waals surface area contributed by atoms with E-state index < -0.39 is 5.41 Å². The largest absolute Gasteiger partial charge is 0.310 e. The Labute approximate surface area is 422 Å². The van der Waals surface area contributed by atoms with Crippen LogP contribution in [0.25, 0.3) is 104 Å². The molecule has 1 heterocycles. The number of aromatic nitrogens is 1. The SMILES string of the molecule is c1ccc(N(c2ccc3c4ccccc4c4ccccc4c3c2)c2cc3c(cc2-c2ccc4cc5c(cc4c2)c2ccccc2n5-c2ccccc2)-c2ccccc2C32c3ccccc3-c3ccccc32)cc1. The van der Waals surface area contributed by atoms with Crippen molar-refractivity contribution in [2.24, 2.45) is 0 Å². The van der Waals surface area contributed by atoms with Gasteiger partial charge in [0.15, 0.2) is 0 Å². The van der Waals surface area contributed by atoms with Crippen LogP contribution in [-0.2, 0) is 5.41 Å². The zero-order valence-electron chi connectivity index (χ0n) is 39.8. The van der Waals surface area contributed by atoms with Crippen LogP contribution < -0.4 is 4.90 Å². The predicted octanol–water partition coefficient (Wildman–Crippen LogP) is 18.9. The third kappa shape index (κ3) is 5.58.